The van der Waals surface area contributed by atoms with E-state index >= 15 is 0 Å². The Kier molecular flexibility index (Phi) is 5.49. The van der Waals surface area contributed by atoms with E-state index < -0.39 is 6.09 Å². The maximum Gasteiger partial charge on any atom is 0.404 e. The number of amides is 1. The summed E-state index contributed by atoms with van der Waals surface area (Å²) in [6.07, 6.45) is 1.39. The predicted molar refractivity (Wildman–Crippen MR) is 66.3 cm³/mol. The fourth-order valence-electron chi connectivity index (χ4n) is 1.16. The number of aromatic nitrogens is 2. The largest absolute Gasteiger partial charge is 0.476 e. The van der Waals surface area contributed by atoms with E-state index in [9.17, 15) is 4.79 Å². The molecule has 8 nitrogen and oxygen atoms in total. The molecule has 0 aromatic carbocycles. The second kappa shape index (κ2) is 7.15. The van der Waals surface area contributed by atoms with Crippen LogP contribution in [0.4, 0.5) is 16.3 Å². The first kappa shape index (κ1) is 13.8. The van der Waals surface area contributed by atoms with Gasteiger partial charge in [0.05, 0.1) is 13.2 Å². The van der Waals surface area contributed by atoms with Gasteiger partial charge in [0.15, 0.2) is 5.82 Å². The minimum atomic E-state index is -0.820. The van der Waals surface area contributed by atoms with Gasteiger partial charge in [0.1, 0.15) is 18.6 Å². The van der Waals surface area contributed by atoms with Crippen LogP contribution >= 0.6 is 0 Å². The molecule has 0 saturated heterocycles. The molecule has 8 heteroatoms. The summed E-state index contributed by atoms with van der Waals surface area (Å²) in [5.74, 6) is 0.773. The molecule has 1 heterocycles. The first-order valence-electron chi connectivity index (χ1n) is 5.54. The van der Waals surface area contributed by atoms with E-state index in [4.69, 9.17) is 16.2 Å². The molecule has 1 rings (SSSR count). The highest BCUT2D eigenvalue weighted by Crippen LogP contribution is 2.24. The molecular weight excluding hydrogens is 238 g/mol. The van der Waals surface area contributed by atoms with Gasteiger partial charge in [-0.1, -0.05) is 6.92 Å². The number of nitrogen functional groups attached to an aromatic ring is 1. The Hall–Kier alpha value is -2.25. The number of anilines is 2. The van der Waals surface area contributed by atoms with Gasteiger partial charge in [-0.05, 0) is 6.42 Å². The van der Waals surface area contributed by atoms with Crippen LogP contribution in [0.5, 0.6) is 5.88 Å². The van der Waals surface area contributed by atoms with E-state index in [1.54, 1.807) is 0 Å². The van der Waals surface area contributed by atoms with Crippen LogP contribution in [-0.2, 0) is 4.74 Å². The third kappa shape index (κ3) is 4.32. The van der Waals surface area contributed by atoms with E-state index in [2.05, 4.69) is 20.0 Å². The second-order valence-electron chi connectivity index (χ2n) is 3.38. The number of hydrogen-bond acceptors (Lipinski definition) is 7. The standard InChI is InChI=1S/C10H17N5O3/c1-2-4-17-9-7(11)8(14-6-15-9)13-3-5-18-10(12)16/h6H,2-5,11H2,1H3,(H2,12,16)(H,13,14,15). The van der Waals surface area contributed by atoms with Crippen molar-refractivity contribution in [1.82, 2.24) is 9.97 Å². The molecule has 5 N–H and O–H groups in total. The topological polar surface area (TPSA) is 125 Å². The lowest BCUT2D eigenvalue weighted by Gasteiger charge is -2.11. The summed E-state index contributed by atoms with van der Waals surface area (Å²) in [7, 11) is 0. The highest BCUT2D eigenvalue weighted by atomic mass is 16.5. The van der Waals surface area contributed by atoms with E-state index in [-0.39, 0.29) is 6.61 Å². The van der Waals surface area contributed by atoms with Crippen molar-refractivity contribution < 1.29 is 14.3 Å². The van der Waals surface area contributed by atoms with Gasteiger partial charge >= 0.3 is 6.09 Å². The zero-order chi connectivity index (χ0) is 13.4. The van der Waals surface area contributed by atoms with Gasteiger partial charge in [-0.2, -0.15) is 4.98 Å². The number of hydrogen-bond donors (Lipinski definition) is 3. The number of nitrogens with two attached hydrogens (primary N) is 2. The Morgan fingerprint density at radius 3 is 2.89 bits per heavy atom. The highest BCUT2D eigenvalue weighted by molar-refractivity contribution is 5.66. The smallest absolute Gasteiger partial charge is 0.404 e. The molecular formula is C10H17N5O3. The fraction of sp³-hybridized carbons (Fsp3) is 0.500. The Bertz CT molecular complexity index is 399. The molecule has 0 spiro atoms. The molecule has 0 radical (unpaired) electrons. The molecule has 0 bridgehead atoms. The first-order valence-corrected chi connectivity index (χ1v) is 5.54. The van der Waals surface area contributed by atoms with E-state index in [0.717, 1.165) is 6.42 Å². The summed E-state index contributed by atoms with van der Waals surface area (Å²) in [5.41, 5.74) is 11.0. The molecule has 0 atom stereocenters. The zero-order valence-corrected chi connectivity index (χ0v) is 10.2. The number of nitrogens with zero attached hydrogens (tertiary/aromatic N) is 2. The number of ether oxygens (including phenoxy) is 2. The second-order valence-corrected chi connectivity index (χ2v) is 3.38. The summed E-state index contributed by atoms with van der Waals surface area (Å²) in [5, 5.41) is 2.90. The van der Waals surface area contributed by atoms with Gasteiger partial charge in [0.25, 0.3) is 0 Å². The molecule has 18 heavy (non-hydrogen) atoms. The van der Waals surface area contributed by atoms with Gasteiger partial charge in [-0.3, -0.25) is 0 Å². The first-order chi connectivity index (χ1) is 8.65. The van der Waals surface area contributed by atoms with Gasteiger partial charge < -0.3 is 26.3 Å². The Labute approximate surface area is 105 Å². The van der Waals surface area contributed by atoms with E-state index in [1.165, 1.54) is 6.33 Å². The quantitative estimate of drug-likeness (QED) is 0.600. The lowest BCUT2D eigenvalue weighted by molar-refractivity contribution is 0.161. The molecule has 100 valence electrons. The molecule has 0 unspecified atom stereocenters. The maximum atomic E-state index is 10.4. The van der Waals surface area contributed by atoms with Crippen LogP contribution in [0.15, 0.2) is 6.33 Å². The van der Waals surface area contributed by atoms with Crippen LogP contribution in [0.1, 0.15) is 13.3 Å². The summed E-state index contributed by atoms with van der Waals surface area (Å²) in [4.78, 5) is 18.2. The summed E-state index contributed by atoms with van der Waals surface area (Å²) in [6, 6.07) is 0. The van der Waals surface area contributed by atoms with Crippen LogP contribution in [0, 0.1) is 0 Å². The third-order valence-electron chi connectivity index (χ3n) is 1.93. The van der Waals surface area contributed by atoms with Crippen LogP contribution in [0.25, 0.3) is 0 Å². The van der Waals surface area contributed by atoms with Crippen LogP contribution in [-0.4, -0.2) is 35.8 Å². The van der Waals surface area contributed by atoms with E-state index in [0.29, 0.717) is 30.5 Å². The minimum Gasteiger partial charge on any atom is -0.476 e. The lowest BCUT2D eigenvalue weighted by Crippen LogP contribution is -2.19. The van der Waals surface area contributed by atoms with Crippen LogP contribution in [0.2, 0.25) is 0 Å². The molecule has 0 saturated carbocycles. The molecule has 1 aromatic rings. The lowest BCUT2D eigenvalue weighted by atomic mass is 10.4. The van der Waals surface area contributed by atoms with Crippen molar-refractivity contribution in [1.29, 1.82) is 0 Å². The average molecular weight is 255 g/mol. The van der Waals surface area contributed by atoms with Crippen LogP contribution in [0.3, 0.4) is 0 Å². The molecule has 0 aliphatic carbocycles. The zero-order valence-electron chi connectivity index (χ0n) is 10.2. The van der Waals surface area contributed by atoms with Gasteiger partial charge in [0.2, 0.25) is 5.88 Å². The Morgan fingerprint density at radius 1 is 1.44 bits per heavy atom. The normalized spacial score (nSPS) is 9.83. The van der Waals surface area contributed by atoms with Gasteiger partial charge in [-0.15, -0.1) is 0 Å². The van der Waals surface area contributed by atoms with Gasteiger partial charge in [0, 0.05) is 0 Å². The minimum absolute atomic E-state index is 0.129. The Balaban J connectivity index is 2.52. The number of carbonyl (C=O) groups excluding carboxylic acids is 1. The van der Waals surface area contributed by atoms with Crippen molar-refractivity contribution in [3.63, 3.8) is 0 Å². The predicted octanol–water partition coefficient (Wildman–Crippen LogP) is 0.355. The van der Waals surface area contributed by atoms with Crippen molar-refractivity contribution >= 4 is 17.6 Å². The van der Waals surface area contributed by atoms with Crippen LogP contribution < -0.4 is 21.5 Å². The van der Waals surface area contributed by atoms with Crippen molar-refractivity contribution in [2.24, 2.45) is 5.73 Å². The summed E-state index contributed by atoms with van der Waals surface area (Å²) in [6.45, 7) is 2.99. The summed E-state index contributed by atoms with van der Waals surface area (Å²) >= 11 is 0. The SMILES string of the molecule is CCCOc1ncnc(NCCOC(N)=O)c1N. The molecule has 0 fully saturated rings. The van der Waals surface area contributed by atoms with Gasteiger partial charge in [-0.25, -0.2) is 9.78 Å². The van der Waals surface area contributed by atoms with Crippen molar-refractivity contribution in [2.75, 3.05) is 30.8 Å². The number of rotatable bonds is 7. The third-order valence-corrected chi connectivity index (χ3v) is 1.93. The monoisotopic (exact) mass is 255 g/mol. The summed E-state index contributed by atoms with van der Waals surface area (Å²) < 4.78 is 9.91. The average Bonchev–Trinajstić information content (AvgIpc) is 2.34. The van der Waals surface area contributed by atoms with Crippen molar-refractivity contribution in [3.05, 3.63) is 6.33 Å². The molecule has 0 aliphatic rings. The molecule has 1 amide bonds. The fourth-order valence-corrected chi connectivity index (χ4v) is 1.16. The highest BCUT2D eigenvalue weighted by Gasteiger charge is 2.08. The Morgan fingerprint density at radius 2 is 2.22 bits per heavy atom. The molecule has 1 aromatic heterocycles. The van der Waals surface area contributed by atoms with E-state index in [1.807, 2.05) is 6.92 Å². The molecule has 0 aliphatic heterocycles. The number of primary amides is 1. The van der Waals surface area contributed by atoms with Crippen molar-refractivity contribution in [3.8, 4) is 5.88 Å². The maximum absolute atomic E-state index is 10.4. The number of carbonyl (C=O) groups is 1. The van der Waals surface area contributed by atoms with Crippen molar-refractivity contribution in [2.45, 2.75) is 13.3 Å². The number of nitrogens with one attached hydrogen (secondary N) is 1.